The highest BCUT2D eigenvalue weighted by molar-refractivity contribution is 6.30. The molecule has 1 aromatic carbocycles. The van der Waals surface area contributed by atoms with Crippen molar-refractivity contribution in [2.75, 3.05) is 13.1 Å². The lowest BCUT2D eigenvalue weighted by atomic mass is 9.87. The Labute approximate surface area is 117 Å². The normalized spacial score (nSPS) is 20.2. The van der Waals surface area contributed by atoms with Gasteiger partial charge in [0.25, 0.3) is 0 Å². The van der Waals surface area contributed by atoms with Crippen LogP contribution < -0.4 is 5.32 Å². The van der Waals surface area contributed by atoms with Crippen LogP contribution in [0.4, 0.5) is 4.39 Å². The Hall–Kier alpha value is -0.680. The maximum absolute atomic E-state index is 13.7. The fourth-order valence-electron chi connectivity index (χ4n) is 2.39. The van der Waals surface area contributed by atoms with Gasteiger partial charge in [0.1, 0.15) is 5.82 Å². The summed E-state index contributed by atoms with van der Waals surface area (Å²) < 4.78 is 19.6. The summed E-state index contributed by atoms with van der Waals surface area (Å²) >= 11 is 5.71. The summed E-state index contributed by atoms with van der Waals surface area (Å²) in [6.45, 7) is 3.47. The fraction of sp³-hybridized carbons (Fsp3) is 0.571. The van der Waals surface area contributed by atoms with E-state index in [0.717, 1.165) is 25.9 Å². The minimum absolute atomic E-state index is 0.147. The van der Waals surface area contributed by atoms with Crippen LogP contribution >= 0.6 is 11.6 Å². The summed E-state index contributed by atoms with van der Waals surface area (Å²) in [7, 11) is 0. The summed E-state index contributed by atoms with van der Waals surface area (Å²) in [6, 6.07) is 4.53. The van der Waals surface area contributed by atoms with E-state index in [9.17, 15) is 9.50 Å². The predicted octanol–water partition coefficient (Wildman–Crippen LogP) is 2.50. The first-order valence-corrected chi connectivity index (χ1v) is 6.88. The predicted molar refractivity (Wildman–Crippen MR) is 72.7 cm³/mol. The molecule has 1 unspecified atom stereocenters. The van der Waals surface area contributed by atoms with Gasteiger partial charge in [-0.25, -0.2) is 4.39 Å². The van der Waals surface area contributed by atoms with Gasteiger partial charge in [0.2, 0.25) is 0 Å². The number of piperidine rings is 1. The average molecular weight is 288 g/mol. The van der Waals surface area contributed by atoms with E-state index in [0.29, 0.717) is 10.6 Å². The quantitative estimate of drug-likeness (QED) is 0.894. The topological polar surface area (TPSA) is 41.5 Å². The number of halogens is 2. The lowest BCUT2D eigenvalue weighted by molar-refractivity contribution is -0.141. The van der Waals surface area contributed by atoms with Gasteiger partial charge in [-0.3, -0.25) is 0 Å². The molecule has 0 aliphatic carbocycles. The van der Waals surface area contributed by atoms with Gasteiger partial charge in [-0.1, -0.05) is 17.7 Å². The molecule has 1 aliphatic heterocycles. The van der Waals surface area contributed by atoms with Gasteiger partial charge in [0.15, 0.2) is 0 Å². The largest absolute Gasteiger partial charge is 0.390 e. The van der Waals surface area contributed by atoms with Crippen molar-refractivity contribution in [2.45, 2.75) is 38.1 Å². The molecule has 0 spiro atoms. The molecule has 0 amide bonds. The second-order valence-corrected chi connectivity index (χ2v) is 5.45. The standard InChI is InChI=1S/C14H19ClFNO2/c1-10(18)14(4-6-17-7-5-14)19-9-11-2-3-12(15)8-13(11)16/h2-3,8,10,17-18H,4-7,9H2,1H3. The molecule has 5 heteroatoms. The first-order valence-electron chi connectivity index (χ1n) is 6.50. The van der Waals surface area contributed by atoms with Crippen molar-refractivity contribution in [3.63, 3.8) is 0 Å². The molecule has 1 atom stereocenters. The van der Waals surface area contributed by atoms with E-state index in [1.807, 2.05) is 0 Å². The zero-order valence-corrected chi connectivity index (χ0v) is 11.7. The summed E-state index contributed by atoms with van der Waals surface area (Å²) in [5, 5.41) is 13.5. The maximum Gasteiger partial charge on any atom is 0.130 e. The highest BCUT2D eigenvalue weighted by atomic mass is 35.5. The third-order valence-electron chi connectivity index (χ3n) is 3.74. The minimum atomic E-state index is -0.586. The molecular formula is C14H19ClFNO2. The van der Waals surface area contributed by atoms with Crippen LogP contribution in [0.5, 0.6) is 0 Å². The second kappa shape index (κ2) is 6.18. The molecule has 106 valence electrons. The Morgan fingerprint density at radius 3 is 2.74 bits per heavy atom. The van der Waals surface area contributed by atoms with Gasteiger partial charge in [0, 0.05) is 10.6 Å². The first-order chi connectivity index (χ1) is 9.03. The van der Waals surface area contributed by atoms with E-state index in [1.54, 1.807) is 19.1 Å². The Bertz CT molecular complexity index is 433. The monoisotopic (exact) mass is 287 g/mol. The number of aliphatic hydroxyl groups excluding tert-OH is 1. The molecular weight excluding hydrogens is 269 g/mol. The molecule has 2 N–H and O–H groups in total. The Morgan fingerprint density at radius 1 is 1.47 bits per heavy atom. The van der Waals surface area contributed by atoms with Crippen LogP contribution in [-0.2, 0) is 11.3 Å². The fourth-order valence-corrected chi connectivity index (χ4v) is 2.55. The molecule has 1 fully saturated rings. The lowest BCUT2D eigenvalue weighted by Gasteiger charge is -2.40. The van der Waals surface area contributed by atoms with Gasteiger partial charge in [-0.15, -0.1) is 0 Å². The van der Waals surface area contributed by atoms with Gasteiger partial charge < -0.3 is 15.2 Å². The number of benzene rings is 1. The van der Waals surface area contributed by atoms with Gasteiger partial charge in [-0.05, 0) is 45.0 Å². The SMILES string of the molecule is CC(O)C1(OCc2ccc(Cl)cc2F)CCNCC1. The molecule has 0 bridgehead atoms. The molecule has 1 saturated heterocycles. The molecule has 3 nitrogen and oxygen atoms in total. The van der Waals surface area contributed by atoms with Crippen LogP contribution in [-0.4, -0.2) is 29.9 Å². The van der Waals surface area contributed by atoms with Crippen molar-refractivity contribution >= 4 is 11.6 Å². The molecule has 0 aromatic heterocycles. The number of ether oxygens (including phenoxy) is 1. The van der Waals surface area contributed by atoms with Crippen molar-refractivity contribution < 1.29 is 14.2 Å². The molecule has 1 aliphatic rings. The number of aliphatic hydroxyl groups is 1. The van der Waals surface area contributed by atoms with Crippen LogP contribution in [0.15, 0.2) is 18.2 Å². The smallest absolute Gasteiger partial charge is 0.130 e. The highest BCUT2D eigenvalue weighted by Gasteiger charge is 2.37. The second-order valence-electron chi connectivity index (χ2n) is 5.02. The minimum Gasteiger partial charge on any atom is -0.390 e. The molecule has 1 aromatic rings. The summed E-state index contributed by atoms with van der Waals surface area (Å²) in [6.07, 6.45) is 0.865. The van der Waals surface area contributed by atoms with Crippen molar-refractivity contribution in [3.05, 3.63) is 34.6 Å². The summed E-state index contributed by atoms with van der Waals surface area (Å²) in [4.78, 5) is 0. The van der Waals surface area contributed by atoms with E-state index < -0.39 is 11.7 Å². The number of nitrogens with one attached hydrogen (secondary N) is 1. The van der Waals surface area contributed by atoms with Crippen molar-refractivity contribution in [1.82, 2.24) is 5.32 Å². The number of rotatable bonds is 4. The van der Waals surface area contributed by atoms with Gasteiger partial charge in [0.05, 0.1) is 18.3 Å². The Balaban J connectivity index is 2.06. The van der Waals surface area contributed by atoms with Crippen LogP contribution in [0, 0.1) is 5.82 Å². The average Bonchev–Trinajstić information content (AvgIpc) is 2.38. The molecule has 0 radical (unpaired) electrons. The van der Waals surface area contributed by atoms with E-state index in [1.165, 1.54) is 6.07 Å². The maximum atomic E-state index is 13.7. The zero-order valence-electron chi connectivity index (χ0n) is 11.0. The molecule has 1 heterocycles. The van der Waals surface area contributed by atoms with E-state index in [2.05, 4.69) is 5.32 Å². The lowest BCUT2D eigenvalue weighted by Crippen LogP contribution is -2.51. The summed E-state index contributed by atoms with van der Waals surface area (Å²) in [5.41, 5.74) is -0.125. The number of hydrogen-bond donors (Lipinski definition) is 2. The van der Waals surface area contributed by atoms with E-state index in [-0.39, 0.29) is 12.4 Å². The highest BCUT2D eigenvalue weighted by Crippen LogP contribution is 2.29. The Morgan fingerprint density at radius 2 is 2.16 bits per heavy atom. The third kappa shape index (κ3) is 3.45. The Kier molecular flexibility index (Phi) is 4.79. The molecule has 2 rings (SSSR count). The van der Waals surface area contributed by atoms with Gasteiger partial charge in [-0.2, -0.15) is 0 Å². The van der Waals surface area contributed by atoms with Crippen molar-refractivity contribution in [2.24, 2.45) is 0 Å². The van der Waals surface area contributed by atoms with Crippen molar-refractivity contribution in [3.8, 4) is 0 Å². The van der Waals surface area contributed by atoms with Crippen LogP contribution in [0.3, 0.4) is 0 Å². The summed E-state index contributed by atoms with van der Waals surface area (Å²) in [5.74, 6) is -0.373. The van der Waals surface area contributed by atoms with Crippen molar-refractivity contribution in [1.29, 1.82) is 0 Å². The molecule has 0 saturated carbocycles. The van der Waals surface area contributed by atoms with E-state index >= 15 is 0 Å². The zero-order chi connectivity index (χ0) is 13.9. The number of hydrogen-bond acceptors (Lipinski definition) is 3. The third-order valence-corrected chi connectivity index (χ3v) is 3.98. The van der Waals surface area contributed by atoms with Crippen LogP contribution in [0.2, 0.25) is 5.02 Å². The van der Waals surface area contributed by atoms with Crippen LogP contribution in [0.1, 0.15) is 25.3 Å². The van der Waals surface area contributed by atoms with Gasteiger partial charge >= 0.3 is 0 Å². The van der Waals surface area contributed by atoms with Crippen LogP contribution in [0.25, 0.3) is 0 Å². The molecule has 19 heavy (non-hydrogen) atoms. The van der Waals surface area contributed by atoms with E-state index in [4.69, 9.17) is 16.3 Å². The first kappa shape index (κ1) is 14.7.